The molecule has 0 N–H and O–H groups in total. The molecule has 2 heterocycles. The summed E-state index contributed by atoms with van der Waals surface area (Å²) in [5.74, 6) is 1.41. The van der Waals surface area contributed by atoms with Crippen molar-refractivity contribution in [1.82, 2.24) is 0 Å². The predicted molar refractivity (Wildman–Crippen MR) is 114 cm³/mol. The van der Waals surface area contributed by atoms with Crippen LogP contribution in [0.4, 0.5) is 5.69 Å². The normalized spacial score (nSPS) is 14.7. The van der Waals surface area contributed by atoms with Crippen LogP contribution in [0.1, 0.15) is 54.0 Å². The first-order chi connectivity index (χ1) is 13.4. The van der Waals surface area contributed by atoms with E-state index in [0.29, 0.717) is 23.8 Å². The van der Waals surface area contributed by atoms with E-state index in [1.54, 1.807) is 0 Å². The molecule has 1 unspecified atom stereocenters. The summed E-state index contributed by atoms with van der Waals surface area (Å²) in [4.78, 5) is 14.3. The van der Waals surface area contributed by atoms with Gasteiger partial charge < -0.3 is 14.1 Å². The molecular weight excluding hydrogens is 350 g/mol. The first-order valence-corrected chi connectivity index (χ1v) is 9.94. The number of rotatable bonds is 3. The Morgan fingerprint density at radius 2 is 1.79 bits per heavy atom. The number of nitrogens with zero attached hydrogens (tertiary/aromatic N) is 1. The molecule has 2 aromatic carbocycles. The first kappa shape index (κ1) is 18.6. The fourth-order valence-electron chi connectivity index (χ4n) is 3.91. The zero-order valence-corrected chi connectivity index (χ0v) is 17.3. The average Bonchev–Trinajstić information content (AvgIpc) is 2.72. The highest BCUT2D eigenvalue weighted by atomic mass is 16.5. The van der Waals surface area contributed by atoms with Gasteiger partial charge >= 0.3 is 5.63 Å². The predicted octanol–water partition coefficient (Wildman–Crippen LogP) is 5.59. The Morgan fingerprint density at radius 1 is 1.07 bits per heavy atom. The highest BCUT2D eigenvalue weighted by Crippen LogP contribution is 2.37. The van der Waals surface area contributed by atoms with Gasteiger partial charge in [-0.25, -0.2) is 4.79 Å². The molecule has 1 aliphatic rings. The van der Waals surface area contributed by atoms with Gasteiger partial charge in [0.2, 0.25) is 0 Å². The molecule has 0 aliphatic carbocycles. The molecule has 0 bridgehead atoms. The molecule has 0 radical (unpaired) electrons. The molecule has 0 saturated heterocycles. The number of aryl methyl sites for hydroxylation is 2. The van der Waals surface area contributed by atoms with Crippen molar-refractivity contribution in [3.63, 3.8) is 0 Å². The lowest BCUT2D eigenvalue weighted by Crippen LogP contribution is -2.32. The van der Waals surface area contributed by atoms with Crippen LogP contribution < -0.4 is 15.3 Å². The van der Waals surface area contributed by atoms with E-state index >= 15 is 0 Å². The van der Waals surface area contributed by atoms with Gasteiger partial charge in [-0.2, -0.15) is 0 Å². The molecule has 4 nitrogen and oxygen atoms in total. The van der Waals surface area contributed by atoms with E-state index in [1.165, 1.54) is 5.56 Å². The fourth-order valence-corrected chi connectivity index (χ4v) is 3.91. The van der Waals surface area contributed by atoms with Gasteiger partial charge in [-0.05, 0) is 62.4 Å². The van der Waals surface area contributed by atoms with E-state index in [4.69, 9.17) is 9.15 Å². The summed E-state index contributed by atoms with van der Waals surface area (Å²) < 4.78 is 11.7. The van der Waals surface area contributed by atoms with Gasteiger partial charge in [0.25, 0.3) is 0 Å². The Balaban J connectivity index is 1.72. The minimum absolute atomic E-state index is 0.271. The number of fused-ring (bicyclic) bond motifs is 2. The third-order valence-corrected chi connectivity index (χ3v) is 6.17. The smallest absolute Gasteiger partial charge is 0.339 e. The van der Waals surface area contributed by atoms with Gasteiger partial charge in [0.15, 0.2) is 6.73 Å². The number of ether oxygens (including phenoxy) is 1. The van der Waals surface area contributed by atoms with Crippen molar-refractivity contribution in [2.75, 3.05) is 11.6 Å². The van der Waals surface area contributed by atoms with Crippen LogP contribution in [-0.2, 0) is 6.54 Å². The summed E-state index contributed by atoms with van der Waals surface area (Å²) in [6, 6.07) is 10.9. The molecule has 1 aliphatic heterocycles. The molecule has 28 heavy (non-hydrogen) atoms. The number of hydrogen-bond donors (Lipinski definition) is 0. The molecule has 146 valence electrons. The van der Waals surface area contributed by atoms with Crippen LogP contribution in [0.3, 0.4) is 0 Å². The number of anilines is 1. The molecule has 0 amide bonds. The van der Waals surface area contributed by atoms with Crippen LogP contribution >= 0.6 is 0 Å². The Kier molecular flexibility index (Phi) is 4.66. The third kappa shape index (κ3) is 2.97. The standard InChI is InChI=1S/C24H27NO3/c1-6-14(2)18-7-9-20(10-8-18)25-12-19-11-21-15(3)16(4)24(26)28-23(21)17(5)22(19)27-13-25/h7-11,14H,6,12-13H2,1-5H3. The van der Waals surface area contributed by atoms with Gasteiger partial charge in [-0.15, -0.1) is 0 Å². The van der Waals surface area contributed by atoms with Gasteiger partial charge in [0.05, 0.1) is 0 Å². The summed E-state index contributed by atoms with van der Waals surface area (Å²) in [5.41, 5.74) is 6.56. The second-order valence-corrected chi connectivity index (χ2v) is 7.88. The molecule has 1 aromatic heterocycles. The molecular formula is C24H27NO3. The Bertz CT molecular complexity index is 1100. The second kappa shape index (κ2) is 7.01. The van der Waals surface area contributed by atoms with Crippen LogP contribution in [-0.4, -0.2) is 6.73 Å². The van der Waals surface area contributed by atoms with E-state index in [0.717, 1.165) is 46.5 Å². The summed E-state index contributed by atoms with van der Waals surface area (Å²) >= 11 is 0. The third-order valence-electron chi connectivity index (χ3n) is 6.17. The number of hydrogen-bond acceptors (Lipinski definition) is 4. The topological polar surface area (TPSA) is 42.7 Å². The molecule has 0 saturated carbocycles. The van der Waals surface area contributed by atoms with Crippen LogP contribution in [0.2, 0.25) is 0 Å². The maximum absolute atomic E-state index is 12.1. The van der Waals surface area contributed by atoms with Gasteiger partial charge in [-0.1, -0.05) is 26.0 Å². The van der Waals surface area contributed by atoms with Crippen molar-refractivity contribution < 1.29 is 9.15 Å². The highest BCUT2D eigenvalue weighted by Gasteiger charge is 2.23. The first-order valence-electron chi connectivity index (χ1n) is 9.94. The molecule has 0 fully saturated rings. The monoisotopic (exact) mass is 377 g/mol. The average molecular weight is 377 g/mol. The minimum Gasteiger partial charge on any atom is -0.472 e. The Hall–Kier alpha value is -2.75. The highest BCUT2D eigenvalue weighted by molar-refractivity contribution is 5.87. The van der Waals surface area contributed by atoms with Crippen molar-refractivity contribution in [2.24, 2.45) is 0 Å². The maximum atomic E-state index is 12.1. The van der Waals surface area contributed by atoms with E-state index in [2.05, 4.69) is 49.1 Å². The largest absolute Gasteiger partial charge is 0.472 e. The Morgan fingerprint density at radius 3 is 2.46 bits per heavy atom. The molecule has 4 rings (SSSR count). The van der Waals surface area contributed by atoms with Gasteiger partial charge in [-0.3, -0.25) is 0 Å². The van der Waals surface area contributed by atoms with Crippen molar-refractivity contribution in [3.05, 3.63) is 68.6 Å². The van der Waals surface area contributed by atoms with Crippen LogP contribution in [0.5, 0.6) is 5.75 Å². The zero-order chi connectivity index (χ0) is 20.0. The summed E-state index contributed by atoms with van der Waals surface area (Å²) in [5, 5.41) is 0.992. The molecule has 0 spiro atoms. The van der Waals surface area contributed by atoms with Gasteiger partial charge in [0.1, 0.15) is 11.3 Å². The van der Waals surface area contributed by atoms with E-state index in [1.807, 2.05) is 20.8 Å². The summed E-state index contributed by atoms with van der Waals surface area (Å²) in [7, 11) is 0. The van der Waals surface area contributed by atoms with Crippen LogP contribution in [0.25, 0.3) is 11.0 Å². The zero-order valence-electron chi connectivity index (χ0n) is 17.3. The van der Waals surface area contributed by atoms with Crippen LogP contribution in [0.15, 0.2) is 39.5 Å². The van der Waals surface area contributed by atoms with Gasteiger partial charge in [0, 0.05) is 34.3 Å². The van der Waals surface area contributed by atoms with Crippen LogP contribution in [0, 0.1) is 20.8 Å². The second-order valence-electron chi connectivity index (χ2n) is 7.88. The Labute approximate surface area is 165 Å². The van der Waals surface area contributed by atoms with E-state index < -0.39 is 0 Å². The minimum atomic E-state index is -0.271. The van der Waals surface area contributed by atoms with Crippen molar-refractivity contribution in [3.8, 4) is 5.75 Å². The molecule has 4 heteroatoms. The van der Waals surface area contributed by atoms with Crippen molar-refractivity contribution in [1.29, 1.82) is 0 Å². The lowest BCUT2D eigenvalue weighted by atomic mass is 9.98. The van der Waals surface area contributed by atoms with Crippen molar-refractivity contribution in [2.45, 2.75) is 53.5 Å². The van der Waals surface area contributed by atoms with Crippen molar-refractivity contribution >= 4 is 16.7 Å². The van der Waals surface area contributed by atoms with E-state index in [-0.39, 0.29) is 5.63 Å². The quantitative estimate of drug-likeness (QED) is 0.558. The molecule has 3 aromatic rings. The lowest BCUT2D eigenvalue weighted by Gasteiger charge is -2.32. The molecule has 1 atom stereocenters. The maximum Gasteiger partial charge on any atom is 0.339 e. The summed E-state index contributed by atoms with van der Waals surface area (Å²) in [6.45, 7) is 11.5. The lowest BCUT2D eigenvalue weighted by molar-refractivity contribution is 0.287. The SMILES string of the molecule is CCC(C)c1ccc(N2COc3c(cc4c(C)c(C)c(=O)oc4c3C)C2)cc1. The fraction of sp³-hybridized carbons (Fsp3) is 0.375. The number of benzene rings is 2. The summed E-state index contributed by atoms with van der Waals surface area (Å²) in [6.07, 6.45) is 1.14. The van der Waals surface area contributed by atoms with E-state index in [9.17, 15) is 4.79 Å².